The van der Waals surface area contributed by atoms with E-state index in [1.54, 1.807) is 30.6 Å². The Morgan fingerprint density at radius 1 is 0.927 bits per heavy atom. The number of nitrogens with zero attached hydrogens (tertiary/aromatic N) is 2. The van der Waals surface area contributed by atoms with Gasteiger partial charge in [-0.3, -0.25) is 14.9 Å². The first-order chi connectivity index (χ1) is 18.7. The molecule has 0 spiro atoms. The zero-order valence-electron chi connectivity index (χ0n) is 24.0. The lowest BCUT2D eigenvalue weighted by Gasteiger charge is -2.30. The van der Waals surface area contributed by atoms with E-state index in [1.807, 2.05) is 5.32 Å². The average Bonchev–Trinajstić information content (AvgIpc) is 3.33. The second-order valence-electron chi connectivity index (χ2n) is 11.1. The predicted molar refractivity (Wildman–Crippen MR) is 150 cm³/mol. The van der Waals surface area contributed by atoms with Crippen LogP contribution in [-0.4, -0.2) is 43.9 Å². The van der Waals surface area contributed by atoms with Crippen molar-refractivity contribution in [3.8, 4) is 5.69 Å². The third-order valence-corrected chi connectivity index (χ3v) is 5.06. The van der Waals surface area contributed by atoms with Gasteiger partial charge in [0.1, 0.15) is 0 Å². The summed E-state index contributed by atoms with van der Waals surface area (Å²) >= 11 is 0. The van der Waals surface area contributed by atoms with Gasteiger partial charge in [0, 0.05) is 18.0 Å². The van der Waals surface area contributed by atoms with Crippen LogP contribution in [-0.2, 0) is 15.7 Å². The van der Waals surface area contributed by atoms with E-state index >= 15 is 0 Å². The quantitative estimate of drug-likeness (QED) is 0.213. The summed E-state index contributed by atoms with van der Waals surface area (Å²) < 4.78 is 46.9. The molecule has 3 aromatic rings. The van der Waals surface area contributed by atoms with E-state index in [0.717, 1.165) is 13.0 Å². The first-order valence-electron chi connectivity index (χ1n) is 12.6. The standard InChI is InChI=1S/C21H17F3N4O4.C8H18O/c1-12-8-16(27-20(31)32)17(10-15(12)21(22,23)24)26-19(30)11-18(29)13-4-2-5-14(9-13)28-7-3-6-25-28;1-7(2,3)9-8(4,5)6/h2-10,27H,11H2,1H3,(H,26,30)(H,31,32);1-6H3. The van der Waals surface area contributed by atoms with Crippen LogP contribution < -0.4 is 10.6 Å². The average molecular weight is 577 g/mol. The Balaban J connectivity index is 0.000000564. The van der Waals surface area contributed by atoms with Crippen LogP contribution in [0.3, 0.4) is 0 Å². The number of carbonyl (C=O) groups is 3. The van der Waals surface area contributed by atoms with Gasteiger partial charge in [-0.15, -0.1) is 0 Å². The Labute approximate surface area is 236 Å². The molecule has 1 aromatic heterocycles. The Morgan fingerprint density at radius 2 is 1.54 bits per heavy atom. The summed E-state index contributed by atoms with van der Waals surface area (Å²) in [5.74, 6) is -1.47. The number of nitrogens with one attached hydrogen (secondary N) is 2. The molecule has 0 aliphatic carbocycles. The van der Waals surface area contributed by atoms with Crippen molar-refractivity contribution in [3.63, 3.8) is 0 Å². The maximum atomic E-state index is 13.2. The molecular weight excluding hydrogens is 541 g/mol. The summed E-state index contributed by atoms with van der Waals surface area (Å²) in [4.78, 5) is 35.9. The number of aryl methyl sites for hydroxylation is 1. The third-order valence-electron chi connectivity index (χ3n) is 5.06. The maximum Gasteiger partial charge on any atom is 0.416 e. The van der Waals surface area contributed by atoms with Gasteiger partial charge in [0.15, 0.2) is 5.78 Å². The molecule has 2 amide bonds. The number of anilines is 2. The van der Waals surface area contributed by atoms with E-state index in [9.17, 15) is 27.6 Å². The molecule has 3 N–H and O–H groups in total. The summed E-state index contributed by atoms with van der Waals surface area (Å²) in [6.45, 7) is 13.6. The lowest BCUT2D eigenvalue weighted by atomic mass is 10.0. The lowest BCUT2D eigenvalue weighted by molar-refractivity contribution is -0.138. The van der Waals surface area contributed by atoms with Crippen LogP contribution in [0.4, 0.5) is 29.3 Å². The van der Waals surface area contributed by atoms with Crippen LogP contribution in [0.25, 0.3) is 5.69 Å². The molecule has 1 heterocycles. The summed E-state index contributed by atoms with van der Waals surface area (Å²) in [6.07, 6.45) is -3.67. The number of hydrogen-bond donors (Lipinski definition) is 3. The van der Waals surface area contributed by atoms with Crippen LogP contribution in [0.15, 0.2) is 54.9 Å². The SMILES string of the molecule is CC(C)(C)OC(C)(C)C.Cc1cc(NC(=O)O)c(NC(=O)CC(=O)c2cccc(-n3cccn3)c2)cc1C(F)(F)F. The Hall–Kier alpha value is -4.19. The van der Waals surface area contributed by atoms with Crippen LogP contribution >= 0.6 is 0 Å². The molecule has 0 saturated heterocycles. The van der Waals surface area contributed by atoms with Gasteiger partial charge in [-0.25, -0.2) is 9.48 Å². The van der Waals surface area contributed by atoms with E-state index < -0.39 is 41.6 Å². The maximum absolute atomic E-state index is 13.2. The van der Waals surface area contributed by atoms with Crippen molar-refractivity contribution >= 4 is 29.2 Å². The van der Waals surface area contributed by atoms with Crippen LogP contribution in [0.2, 0.25) is 0 Å². The topological polar surface area (TPSA) is 123 Å². The van der Waals surface area contributed by atoms with Crippen molar-refractivity contribution in [1.29, 1.82) is 0 Å². The highest BCUT2D eigenvalue weighted by molar-refractivity contribution is 6.12. The second-order valence-corrected chi connectivity index (χ2v) is 11.1. The number of ether oxygens (including phenoxy) is 1. The molecule has 0 bridgehead atoms. The Bertz CT molecular complexity index is 1360. The van der Waals surface area contributed by atoms with Crippen molar-refractivity contribution in [3.05, 3.63) is 71.5 Å². The number of carboxylic acid groups (broad SMARTS) is 1. The number of alkyl halides is 3. The molecule has 9 nitrogen and oxygen atoms in total. The van der Waals surface area contributed by atoms with Gasteiger partial charge >= 0.3 is 12.3 Å². The number of ketones is 1. The summed E-state index contributed by atoms with van der Waals surface area (Å²) in [7, 11) is 0. The van der Waals surface area contributed by atoms with Gasteiger partial charge in [0.2, 0.25) is 5.91 Å². The lowest BCUT2D eigenvalue weighted by Crippen LogP contribution is -2.31. The molecule has 0 atom stereocenters. The molecule has 0 unspecified atom stereocenters. The predicted octanol–water partition coefficient (Wildman–Crippen LogP) is 7.10. The zero-order valence-corrected chi connectivity index (χ0v) is 24.0. The van der Waals surface area contributed by atoms with Crippen molar-refractivity contribution < 1.29 is 37.4 Å². The molecular formula is C29H35F3N4O5. The zero-order chi connectivity index (χ0) is 31.2. The van der Waals surface area contributed by atoms with Gasteiger partial charge in [-0.05, 0) is 84.4 Å². The van der Waals surface area contributed by atoms with Crippen LogP contribution in [0, 0.1) is 6.92 Å². The second kappa shape index (κ2) is 13.0. The molecule has 41 heavy (non-hydrogen) atoms. The molecule has 3 rings (SSSR count). The number of hydrogen-bond acceptors (Lipinski definition) is 5. The van der Waals surface area contributed by atoms with E-state index in [-0.39, 0.29) is 28.0 Å². The number of carbonyl (C=O) groups excluding carboxylic acids is 2. The van der Waals surface area contributed by atoms with Crippen LogP contribution in [0.1, 0.15) is 69.4 Å². The summed E-state index contributed by atoms with van der Waals surface area (Å²) in [6, 6.07) is 9.61. The minimum atomic E-state index is -4.71. The van der Waals surface area contributed by atoms with Crippen LogP contribution in [0.5, 0.6) is 0 Å². The van der Waals surface area contributed by atoms with Gasteiger partial charge in [-0.2, -0.15) is 18.3 Å². The first kappa shape index (κ1) is 33.0. The minimum absolute atomic E-state index is 0.0156. The molecule has 0 radical (unpaired) electrons. The molecule has 0 aliphatic heterocycles. The molecule has 12 heteroatoms. The molecule has 2 aromatic carbocycles. The van der Waals surface area contributed by atoms with Crippen molar-refractivity contribution in [2.75, 3.05) is 10.6 Å². The first-order valence-corrected chi connectivity index (χ1v) is 12.6. The normalized spacial score (nSPS) is 11.8. The number of benzene rings is 2. The number of aromatic nitrogens is 2. The van der Waals surface area contributed by atoms with Crippen molar-refractivity contribution in [1.82, 2.24) is 9.78 Å². The number of Topliss-reactive ketones (excluding diaryl/α,β-unsaturated/α-hetero) is 1. The van der Waals surface area contributed by atoms with Crippen molar-refractivity contribution in [2.45, 2.75) is 72.3 Å². The van der Waals surface area contributed by atoms with Gasteiger partial charge < -0.3 is 15.2 Å². The highest BCUT2D eigenvalue weighted by atomic mass is 19.4. The smallest absolute Gasteiger partial charge is 0.416 e. The van der Waals surface area contributed by atoms with Crippen molar-refractivity contribution in [2.24, 2.45) is 0 Å². The molecule has 0 fully saturated rings. The number of halogens is 3. The monoisotopic (exact) mass is 576 g/mol. The highest BCUT2D eigenvalue weighted by Gasteiger charge is 2.33. The fourth-order valence-electron chi connectivity index (χ4n) is 3.94. The fourth-order valence-corrected chi connectivity index (χ4v) is 3.94. The Kier molecular flexibility index (Phi) is 10.5. The minimum Gasteiger partial charge on any atom is -0.465 e. The molecule has 222 valence electrons. The van der Waals surface area contributed by atoms with Gasteiger partial charge in [0.05, 0.1) is 40.2 Å². The largest absolute Gasteiger partial charge is 0.465 e. The number of amides is 2. The Morgan fingerprint density at radius 3 is 2.02 bits per heavy atom. The summed E-state index contributed by atoms with van der Waals surface area (Å²) in [5, 5.41) is 17.1. The third kappa shape index (κ3) is 11.1. The molecule has 0 aliphatic rings. The van der Waals surface area contributed by atoms with E-state index in [0.29, 0.717) is 11.8 Å². The van der Waals surface area contributed by atoms with E-state index in [4.69, 9.17) is 9.84 Å². The number of rotatable bonds is 6. The van der Waals surface area contributed by atoms with E-state index in [1.165, 1.54) is 16.8 Å². The fraction of sp³-hybridized carbons (Fsp3) is 0.379. The van der Waals surface area contributed by atoms with E-state index in [2.05, 4.69) is 52.0 Å². The highest BCUT2D eigenvalue weighted by Crippen LogP contribution is 2.37. The summed E-state index contributed by atoms with van der Waals surface area (Å²) in [5.41, 5.74) is -1.17. The van der Waals surface area contributed by atoms with Gasteiger partial charge in [0.25, 0.3) is 0 Å². The van der Waals surface area contributed by atoms with Gasteiger partial charge in [-0.1, -0.05) is 12.1 Å². The molecule has 0 saturated carbocycles.